The van der Waals surface area contributed by atoms with Gasteiger partial charge in [0.25, 0.3) is 0 Å². The number of rotatable bonds is 5. The van der Waals surface area contributed by atoms with Crippen LogP contribution in [0.5, 0.6) is 5.75 Å². The molecular weight excluding hydrogens is 397 g/mol. The minimum absolute atomic E-state index is 0.249. The Morgan fingerprint density at radius 2 is 2.10 bits per heavy atom. The van der Waals surface area contributed by atoms with Crippen LogP contribution >= 0.6 is 0 Å². The predicted octanol–water partition coefficient (Wildman–Crippen LogP) is 3.87. The van der Waals surface area contributed by atoms with Crippen LogP contribution in [0, 0.1) is 19.7 Å². The fourth-order valence-electron chi connectivity index (χ4n) is 4.36. The second-order valence-electron chi connectivity index (χ2n) is 8.06. The maximum absolute atomic E-state index is 14.5. The molecule has 1 N–H and O–H groups in total. The van der Waals surface area contributed by atoms with Crippen LogP contribution in [0.15, 0.2) is 24.7 Å². The Labute approximate surface area is 179 Å². The average Bonchev–Trinajstić information content (AvgIpc) is 3.46. The highest BCUT2D eigenvalue weighted by Crippen LogP contribution is 2.33. The molecule has 31 heavy (non-hydrogen) atoms. The maximum Gasteiger partial charge on any atom is 0.210 e. The highest BCUT2D eigenvalue weighted by Gasteiger charge is 2.22. The first-order valence-electron chi connectivity index (χ1n) is 10.4. The molecule has 160 valence electrons. The van der Waals surface area contributed by atoms with Gasteiger partial charge in [0.2, 0.25) is 5.95 Å². The minimum atomic E-state index is -0.249. The van der Waals surface area contributed by atoms with Crippen LogP contribution in [0.25, 0.3) is 16.8 Å². The molecule has 9 heteroatoms. The lowest BCUT2D eigenvalue weighted by Crippen LogP contribution is -2.10. The van der Waals surface area contributed by atoms with E-state index in [0.29, 0.717) is 36.7 Å². The van der Waals surface area contributed by atoms with Gasteiger partial charge >= 0.3 is 0 Å². The Morgan fingerprint density at radius 1 is 1.26 bits per heavy atom. The lowest BCUT2D eigenvalue weighted by Gasteiger charge is -2.13. The normalized spacial score (nSPS) is 13.1. The molecule has 4 aromatic rings. The van der Waals surface area contributed by atoms with E-state index in [2.05, 4.69) is 46.4 Å². The molecule has 0 saturated heterocycles. The fraction of sp³-hybridized carbons (Fsp3) is 0.364. The number of hydrogen-bond donors (Lipinski definition) is 1. The van der Waals surface area contributed by atoms with Crippen molar-refractivity contribution in [1.82, 2.24) is 29.4 Å². The standard InChI is InChI=1S/C22H24FN7O/c1-12(2)30-14(4)20(13(3)28-30)17-10-25-22(29-11-26-27-21(17)29)24-9-16-15-7-8-31-19(15)6-5-18(16)23/h5-6,10-12H,7-9H2,1-4H3,(H,24,25). The van der Waals surface area contributed by atoms with Crippen molar-refractivity contribution in [1.29, 1.82) is 0 Å². The van der Waals surface area contributed by atoms with E-state index in [1.807, 2.05) is 11.6 Å². The molecule has 0 aliphatic carbocycles. The van der Waals surface area contributed by atoms with Gasteiger partial charge in [0.1, 0.15) is 17.9 Å². The van der Waals surface area contributed by atoms with Crippen LogP contribution in [-0.4, -0.2) is 36.0 Å². The molecule has 1 aromatic carbocycles. The van der Waals surface area contributed by atoms with Gasteiger partial charge < -0.3 is 10.1 Å². The summed E-state index contributed by atoms with van der Waals surface area (Å²) in [6.07, 6.45) is 4.10. The van der Waals surface area contributed by atoms with Crippen LogP contribution in [0.4, 0.5) is 10.3 Å². The number of anilines is 1. The summed E-state index contributed by atoms with van der Waals surface area (Å²) >= 11 is 0. The van der Waals surface area contributed by atoms with E-state index in [-0.39, 0.29) is 11.9 Å². The number of nitrogens with one attached hydrogen (secondary N) is 1. The maximum atomic E-state index is 14.5. The van der Waals surface area contributed by atoms with Crippen LogP contribution in [0.1, 0.15) is 42.4 Å². The van der Waals surface area contributed by atoms with E-state index in [4.69, 9.17) is 4.74 Å². The Hall–Kier alpha value is -3.49. The highest BCUT2D eigenvalue weighted by atomic mass is 19.1. The number of fused-ring (bicyclic) bond motifs is 2. The van der Waals surface area contributed by atoms with Gasteiger partial charge in [-0.2, -0.15) is 5.10 Å². The molecule has 4 heterocycles. The molecule has 0 amide bonds. The average molecular weight is 421 g/mol. The summed E-state index contributed by atoms with van der Waals surface area (Å²) in [5.41, 5.74) is 6.04. The first-order chi connectivity index (χ1) is 15.0. The van der Waals surface area contributed by atoms with Gasteiger partial charge in [0.15, 0.2) is 5.65 Å². The van der Waals surface area contributed by atoms with Gasteiger partial charge in [-0.1, -0.05) is 0 Å². The number of aryl methyl sites for hydroxylation is 1. The summed E-state index contributed by atoms with van der Waals surface area (Å²) in [5.74, 6) is 1.05. The Bertz CT molecular complexity index is 1290. The van der Waals surface area contributed by atoms with Gasteiger partial charge in [-0.15, -0.1) is 10.2 Å². The third-order valence-corrected chi connectivity index (χ3v) is 5.78. The largest absolute Gasteiger partial charge is 0.493 e. The van der Waals surface area contributed by atoms with E-state index in [1.54, 1.807) is 23.0 Å². The molecule has 0 saturated carbocycles. The second-order valence-corrected chi connectivity index (χ2v) is 8.06. The zero-order valence-corrected chi connectivity index (χ0v) is 18.0. The van der Waals surface area contributed by atoms with Gasteiger partial charge in [-0.25, -0.2) is 9.37 Å². The first kappa shape index (κ1) is 19.5. The Kier molecular flexibility index (Phi) is 4.60. The minimum Gasteiger partial charge on any atom is -0.493 e. The lowest BCUT2D eigenvalue weighted by atomic mass is 10.0. The summed E-state index contributed by atoms with van der Waals surface area (Å²) in [6.45, 7) is 9.12. The Balaban J connectivity index is 1.52. The summed E-state index contributed by atoms with van der Waals surface area (Å²) in [5, 5.41) is 16.3. The fourth-order valence-corrected chi connectivity index (χ4v) is 4.36. The third kappa shape index (κ3) is 3.11. The van der Waals surface area contributed by atoms with Crippen molar-refractivity contribution in [2.75, 3.05) is 11.9 Å². The van der Waals surface area contributed by atoms with E-state index in [0.717, 1.165) is 33.8 Å². The van der Waals surface area contributed by atoms with Crippen molar-refractivity contribution in [3.05, 3.63) is 53.0 Å². The molecule has 0 bridgehead atoms. The van der Waals surface area contributed by atoms with Crippen LogP contribution < -0.4 is 10.1 Å². The molecule has 0 unspecified atom stereocenters. The smallest absolute Gasteiger partial charge is 0.210 e. The van der Waals surface area contributed by atoms with Crippen molar-refractivity contribution < 1.29 is 9.13 Å². The molecule has 0 spiro atoms. The number of benzene rings is 1. The highest BCUT2D eigenvalue weighted by molar-refractivity contribution is 5.80. The quantitative estimate of drug-likeness (QED) is 0.527. The number of aromatic nitrogens is 6. The summed E-state index contributed by atoms with van der Waals surface area (Å²) < 4.78 is 23.8. The Morgan fingerprint density at radius 3 is 2.87 bits per heavy atom. The SMILES string of the molecule is Cc1nn(C(C)C)c(C)c1-c1cnc(NCc2c(F)ccc3c2CCO3)n2cnnc12. The molecule has 1 aliphatic heterocycles. The molecule has 8 nitrogen and oxygen atoms in total. The first-order valence-corrected chi connectivity index (χ1v) is 10.4. The summed E-state index contributed by atoms with van der Waals surface area (Å²) in [7, 11) is 0. The zero-order valence-electron chi connectivity index (χ0n) is 18.0. The second kappa shape index (κ2) is 7.33. The molecular formula is C22H24FN7O. The topological polar surface area (TPSA) is 82.2 Å². The van der Waals surface area contributed by atoms with Gasteiger partial charge in [0.05, 0.1) is 12.3 Å². The molecule has 0 atom stereocenters. The molecule has 0 radical (unpaired) electrons. The number of halogens is 1. The number of ether oxygens (including phenoxy) is 1. The van der Waals surface area contributed by atoms with Crippen LogP contribution in [0.2, 0.25) is 0 Å². The number of hydrogen-bond acceptors (Lipinski definition) is 6. The summed E-state index contributed by atoms with van der Waals surface area (Å²) in [4.78, 5) is 4.61. The zero-order chi connectivity index (χ0) is 21.7. The molecule has 0 fully saturated rings. The van der Waals surface area contributed by atoms with Gasteiger partial charge in [-0.3, -0.25) is 9.08 Å². The van der Waals surface area contributed by atoms with Gasteiger partial charge in [0, 0.05) is 53.2 Å². The van der Waals surface area contributed by atoms with E-state index in [9.17, 15) is 4.39 Å². The van der Waals surface area contributed by atoms with Crippen molar-refractivity contribution in [2.24, 2.45) is 0 Å². The van der Waals surface area contributed by atoms with Gasteiger partial charge in [-0.05, 0) is 39.8 Å². The molecule has 5 rings (SSSR count). The predicted molar refractivity (Wildman–Crippen MR) is 115 cm³/mol. The van der Waals surface area contributed by atoms with Crippen LogP contribution in [-0.2, 0) is 13.0 Å². The number of nitrogens with zero attached hydrogens (tertiary/aromatic N) is 6. The van der Waals surface area contributed by atoms with E-state index < -0.39 is 0 Å². The third-order valence-electron chi connectivity index (χ3n) is 5.78. The monoisotopic (exact) mass is 421 g/mol. The van der Waals surface area contributed by atoms with Crippen molar-refractivity contribution in [3.8, 4) is 16.9 Å². The van der Waals surface area contributed by atoms with E-state index in [1.165, 1.54) is 6.07 Å². The van der Waals surface area contributed by atoms with Crippen molar-refractivity contribution >= 4 is 11.6 Å². The van der Waals surface area contributed by atoms with Crippen molar-refractivity contribution in [2.45, 2.75) is 46.7 Å². The lowest BCUT2D eigenvalue weighted by molar-refractivity contribution is 0.356. The van der Waals surface area contributed by atoms with Crippen molar-refractivity contribution in [3.63, 3.8) is 0 Å². The summed E-state index contributed by atoms with van der Waals surface area (Å²) in [6, 6.07) is 3.39. The molecule has 3 aromatic heterocycles. The van der Waals surface area contributed by atoms with E-state index >= 15 is 0 Å². The van der Waals surface area contributed by atoms with Crippen LogP contribution in [0.3, 0.4) is 0 Å². The molecule has 1 aliphatic rings.